The fourth-order valence-corrected chi connectivity index (χ4v) is 1.34. The molecule has 1 saturated heterocycles. The summed E-state index contributed by atoms with van der Waals surface area (Å²) in [6.45, 7) is 1.75. The highest BCUT2D eigenvalue weighted by molar-refractivity contribution is 4.99. The average molecular weight is 216 g/mol. The minimum absolute atomic E-state index is 0.170. The van der Waals surface area contributed by atoms with Crippen LogP contribution in [0.5, 0.6) is 0 Å². The van der Waals surface area contributed by atoms with Crippen LogP contribution < -0.4 is 0 Å². The van der Waals surface area contributed by atoms with Crippen LogP contribution in [-0.2, 0) is 4.74 Å². The SMILES string of the molecule is CCCC[C@H]1O[C@H](O)C(F)(F)C1(F)F. The van der Waals surface area contributed by atoms with Gasteiger partial charge in [0.15, 0.2) is 0 Å². The Morgan fingerprint density at radius 2 is 1.79 bits per heavy atom. The second-order valence-corrected chi connectivity index (χ2v) is 3.37. The van der Waals surface area contributed by atoms with E-state index >= 15 is 0 Å². The molecule has 0 aromatic carbocycles. The molecule has 14 heavy (non-hydrogen) atoms. The van der Waals surface area contributed by atoms with Gasteiger partial charge in [-0.25, -0.2) is 0 Å². The van der Waals surface area contributed by atoms with E-state index in [2.05, 4.69) is 4.74 Å². The molecule has 6 heteroatoms. The van der Waals surface area contributed by atoms with Gasteiger partial charge in [-0.05, 0) is 6.42 Å². The van der Waals surface area contributed by atoms with Crippen LogP contribution in [0.4, 0.5) is 17.6 Å². The summed E-state index contributed by atoms with van der Waals surface area (Å²) in [5, 5.41) is 8.61. The Balaban J connectivity index is 2.72. The van der Waals surface area contributed by atoms with E-state index in [4.69, 9.17) is 5.11 Å². The molecule has 1 aliphatic rings. The number of rotatable bonds is 3. The lowest BCUT2D eigenvalue weighted by atomic mass is 10.0. The van der Waals surface area contributed by atoms with Crippen molar-refractivity contribution in [2.24, 2.45) is 0 Å². The maximum absolute atomic E-state index is 12.9. The first-order valence-corrected chi connectivity index (χ1v) is 4.43. The molecule has 0 radical (unpaired) electrons. The van der Waals surface area contributed by atoms with E-state index in [1.54, 1.807) is 6.92 Å². The summed E-state index contributed by atoms with van der Waals surface area (Å²) >= 11 is 0. The van der Waals surface area contributed by atoms with E-state index in [1.165, 1.54) is 0 Å². The van der Waals surface area contributed by atoms with Crippen molar-refractivity contribution in [3.05, 3.63) is 0 Å². The van der Waals surface area contributed by atoms with E-state index in [0.717, 1.165) is 0 Å². The molecule has 1 rings (SSSR count). The zero-order valence-electron chi connectivity index (χ0n) is 7.64. The first-order valence-electron chi connectivity index (χ1n) is 4.43. The molecule has 0 unspecified atom stereocenters. The smallest absolute Gasteiger partial charge is 0.362 e. The molecule has 2 atom stereocenters. The molecule has 84 valence electrons. The number of aliphatic hydroxyl groups excluding tert-OH is 1. The highest BCUT2D eigenvalue weighted by Gasteiger charge is 2.71. The summed E-state index contributed by atoms with van der Waals surface area (Å²) in [5.74, 6) is -8.76. The van der Waals surface area contributed by atoms with Crippen molar-refractivity contribution in [3.63, 3.8) is 0 Å². The molecule has 0 saturated carbocycles. The van der Waals surface area contributed by atoms with Crippen molar-refractivity contribution in [1.82, 2.24) is 0 Å². The minimum Gasteiger partial charge on any atom is -0.363 e. The predicted molar refractivity (Wildman–Crippen MR) is 40.3 cm³/mol. The van der Waals surface area contributed by atoms with Crippen LogP contribution in [0.1, 0.15) is 26.2 Å². The number of ether oxygens (including phenoxy) is 1. The van der Waals surface area contributed by atoms with Gasteiger partial charge in [-0.2, -0.15) is 17.6 Å². The topological polar surface area (TPSA) is 29.5 Å². The zero-order valence-corrected chi connectivity index (χ0v) is 7.64. The maximum atomic E-state index is 12.9. The van der Waals surface area contributed by atoms with Gasteiger partial charge >= 0.3 is 11.8 Å². The van der Waals surface area contributed by atoms with Crippen molar-refractivity contribution < 1.29 is 27.4 Å². The average Bonchev–Trinajstić information content (AvgIpc) is 2.23. The molecule has 1 N–H and O–H groups in total. The number of hydrogen-bond acceptors (Lipinski definition) is 2. The van der Waals surface area contributed by atoms with Gasteiger partial charge in [0.1, 0.15) is 6.10 Å². The quantitative estimate of drug-likeness (QED) is 0.732. The second-order valence-electron chi connectivity index (χ2n) is 3.37. The Bertz CT molecular complexity index is 208. The van der Waals surface area contributed by atoms with Gasteiger partial charge < -0.3 is 9.84 Å². The monoisotopic (exact) mass is 216 g/mol. The fraction of sp³-hybridized carbons (Fsp3) is 1.00. The standard InChI is InChI=1S/C8H12F4O2/c1-2-3-4-5-7(9,10)8(11,12)6(13)14-5/h5-6,13H,2-4H2,1H3/t5-,6+/m1/s1. The highest BCUT2D eigenvalue weighted by atomic mass is 19.3. The van der Waals surface area contributed by atoms with Crippen LogP contribution in [0.2, 0.25) is 0 Å². The number of alkyl halides is 4. The number of hydrogen-bond donors (Lipinski definition) is 1. The summed E-state index contributed by atoms with van der Waals surface area (Å²) in [5.41, 5.74) is 0. The van der Waals surface area contributed by atoms with Gasteiger partial charge in [0.25, 0.3) is 0 Å². The van der Waals surface area contributed by atoms with Crippen molar-refractivity contribution >= 4 is 0 Å². The maximum Gasteiger partial charge on any atom is 0.362 e. The number of halogens is 4. The van der Waals surface area contributed by atoms with E-state index < -0.39 is 24.2 Å². The lowest BCUT2D eigenvalue weighted by Gasteiger charge is -2.21. The molecule has 1 heterocycles. The fourth-order valence-electron chi connectivity index (χ4n) is 1.34. The lowest BCUT2D eigenvalue weighted by Crippen LogP contribution is -2.46. The summed E-state index contributed by atoms with van der Waals surface area (Å²) in [7, 11) is 0. The third-order valence-corrected chi connectivity index (χ3v) is 2.27. The van der Waals surface area contributed by atoms with Crippen molar-refractivity contribution in [2.75, 3.05) is 0 Å². The highest BCUT2D eigenvalue weighted by Crippen LogP contribution is 2.48. The Kier molecular flexibility index (Phi) is 3.06. The molecule has 2 nitrogen and oxygen atoms in total. The van der Waals surface area contributed by atoms with Crippen LogP contribution in [0, 0.1) is 0 Å². The van der Waals surface area contributed by atoms with Crippen molar-refractivity contribution in [1.29, 1.82) is 0 Å². The normalized spacial score (nSPS) is 34.7. The first kappa shape index (κ1) is 11.7. The largest absolute Gasteiger partial charge is 0.363 e. The molecular formula is C8H12F4O2. The predicted octanol–water partition coefficient (Wildman–Crippen LogP) is 2.16. The van der Waals surface area contributed by atoms with E-state index in [9.17, 15) is 17.6 Å². The van der Waals surface area contributed by atoms with Crippen molar-refractivity contribution in [2.45, 2.75) is 50.4 Å². The van der Waals surface area contributed by atoms with Crippen LogP contribution in [-0.4, -0.2) is 29.3 Å². The third-order valence-electron chi connectivity index (χ3n) is 2.27. The summed E-state index contributed by atoms with van der Waals surface area (Å²) in [6, 6.07) is 0. The van der Waals surface area contributed by atoms with Gasteiger partial charge in [-0.1, -0.05) is 19.8 Å². The Hall–Kier alpha value is -0.360. The Labute approximate surface area is 78.9 Å². The first-order chi connectivity index (χ1) is 6.34. The molecule has 0 aromatic rings. The molecular weight excluding hydrogens is 204 g/mol. The number of unbranched alkanes of at least 4 members (excludes halogenated alkanes) is 1. The molecule has 0 aliphatic carbocycles. The van der Waals surface area contributed by atoms with Gasteiger partial charge in [-0.15, -0.1) is 0 Å². The zero-order chi connectivity index (χ0) is 11.0. The Morgan fingerprint density at radius 3 is 2.14 bits per heavy atom. The van der Waals surface area contributed by atoms with E-state index in [0.29, 0.717) is 12.8 Å². The third kappa shape index (κ3) is 1.61. The van der Waals surface area contributed by atoms with Gasteiger partial charge in [0.2, 0.25) is 6.29 Å². The van der Waals surface area contributed by atoms with Gasteiger partial charge in [-0.3, -0.25) is 0 Å². The Morgan fingerprint density at radius 1 is 1.21 bits per heavy atom. The van der Waals surface area contributed by atoms with Crippen LogP contribution >= 0.6 is 0 Å². The number of aliphatic hydroxyl groups is 1. The van der Waals surface area contributed by atoms with Gasteiger partial charge in [0, 0.05) is 0 Å². The molecule has 0 spiro atoms. The molecule has 1 fully saturated rings. The lowest BCUT2D eigenvalue weighted by molar-refractivity contribution is -0.234. The second kappa shape index (κ2) is 3.66. The van der Waals surface area contributed by atoms with Crippen molar-refractivity contribution in [3.8, 4) is 0 Å². The molecule has 0 amide bonds. The molecule has 1 aliphatic heterocycles. The summed E-state index contributed by atoms with van der Waals surface area (Å²) < 4.78 is 55.3. The van der Waals surface area contributed by atoms with Crippen LogP contribution in [0.25, 0.3) is 0 Å². The van der Waals surface area contributed by atoms with E-state index in [-0.39, 0.29) is 6.42 Å². The summed E-state index contributed by atoms with van der Waals surface area (Å²) in [6.07, 6.45) is -3.77. The van der Waals surface area contributed by atoms with E-state index in [1.807, 2.05) is 0 Å². The molecule has 0 aromatic heterocycles. The van der Waals surface area contributed by atoms with Gasteiger partial charge in [0.05, 0.1) is 0 Å². The van der Waals surface area contributed by atoms with Crippen LogP contribution in [0.3, 0.4) is 0 Å². The molecule has 0 bridgehead atoms. The van der Waals surface area contributed by atoms with Crippen LogP contribution in [0.15, 0.2) is 0 Å². The summed E-state index contributed by atoms with van der Waals surface area (Å²) in [4.78, 5) is 0. The minimum atomic E-state index is -4.48.